The van der Waals surface area contributed by atoms with Gasteiger partial charge in [0, 0.05) is 27.9 Å². The fourth-order valence-electron chi connectivity index (χ4n) is 8.19. The Labute approximate surface area is 267 Å². The predicted octanol–water partition coefficient (Wildman–Crippen LogP) is 12.2. The molecule has 0 bridgehead atoms. The van der Waals surface area contributed by atoms with Crippen molar-refractivity contribution >= 4 is 17.1 Å². The van der Waals surface area contributed by atoms with Crippen molar-refractivity contribution in [2.45, 2.75) is 51.4 Å². The third-order valence-electron chi connectivity index (χ3n) is 10.5. The maximum Gasteiger partial charge on any atom is 0.0465 e. The second kappa shape index (κ2) is 10.3. The van der Waals surface area contributed by atoms with Gasteiger partial charge in [-0.05, 0) is 98.5 Å². The Bertz CT molecular complexity index is 2050. The van der Waals surface area contributed by atoms with Crippen molar-refractivity contribution in [3.05, 3.63) is 162 Å². The number of nitrogens with zero attached hydrogens (tertiary/aromatic N) is 1. The van der Waals surface area contributed by atoms with E-state index in [9.17, 15) is 0 Å². The smallest absolute Gasteiger partial charge is 0.0465 e. The fraction of sp³-hybridized carbons (Fsp3) is 0.182. The van der Waals surface area contributed by atoms with E-state index in [-0.39, 0.29) is 10.8 Å². The van der Waals surface area contributed by atoms with Crippen LogP contribution in [0.3, 0.4) is 0 Å². The van der Waals surface area contributed by atoms with Gasteiger partial charge >= 0.3 is 0 Å². The molecule has 0 aromatic heterocycles. The lowest BCUT2D eigenvalue weighted by molar-refractivity contribution is 0.524. The van der Waals surface area contributed by atoms with Crippen LogP contribution < -0.4 is 4.90 Å². The lowest BCUT2D eigenvalue weighted by atomic mass is 9.76. The van der Waals surface area contributed by atoms with E-state index in [2.05, 4.69) is 172 Å². The lowest BCUT2D eigenvalue weighted by Gasteiger charge is -2.31. The number of anilines is 3. The molecule has 0 spiro atoms. The molecule has 220 valence electrons. The molecule has 0 fully saturated rings. The quantitative estimate of drug-likeness (QED) is 0.189. The van der Waals surface area contributed by atoms with Gasteiger partial charge in [-0.15, -0.1) is 0 Å². The summed E-state index contributed by atoms with van der Waals surface area (Å²) in [6.07, 6.45) is 2.26. The van der Waals surface area contributed by atoms with Gasteiger partial charge in [0.2, 0.25) is 0 Å². The highest BCUT2D eigenvalue weighted by Crippen LogP contribution is 2.54. The largest absolute Gasteiger partial charge is 0.310 e. The van der Waals surface area contributed by atoms with Crippen LogP contribution in [0.15, 0.2) is 140 Å². The van der Waals surface area contributed by atoms with Crippen molar-refractivity contribution < 1.29 is 0 Å². The molecule has 6 aromatic rings. The van der Waals surface area contributed by atoms with Crippen molar-refractivity contribution in [1.82, 2.24) is 0 Å². The second-order valence-corrected chi connectivity index (χ2v) is 13.5. The normalized spacial score (nSPS) is 16.9. The highest BCUT2D eigenvalue weighted by molar-refractivity contribution is 5.88. The average molecular weight is 582 g/mol. The minimum atomic E-state index is -0.0654. The summed E-state index contributed by atoms with van der Waals surface area (Å²) in [7, 11) is 0. The average Bonchev–Trinajstić information content (AvgIpc) is 3.46. The van der Waals surface area contributed by atoms with E-state index < -0.39 is 0 Å². The number of hydrogen-bond acceptors (Lipinski definition) is 1. The number of benzene rings is 6. The first-order valence-corrected chi connectivity index (χ1v) is 16.3. The Morgan fingerprint density at radius 2 is 0.933 bits per heavy atom. The summed E-state index contributed by atoms with van der Waals surface area (Å²) in [5.74, 6) is 0. The molecule has 45 heavy (non-hydrogen) atoms. The molecule has 0 radical (unpaired) electrons. The Kier molecular flexibility index (Phi) is 6.36. The van der Waals surface area contributed by atoms with E-state index in [0.29, 0.717) is 0 Å². The molecule has 0 aliphatic heterocycles. The monoisotopic (exact) mass is 581 g/mol. The molecule has 1 heteroatoms. The molecule has 2 aliphatic carbocycles. The van der Waals surface area contributed by atoms with Crippen molar-refractivity contribution in [3.8, 4) is 33.4 Å². The summed E-state index contributed by atoms with van der Waals surface area (Å²) in [6.45, 7) is 9.48. The molecular formula is C44H39N. The topological polar surface area (TPSA) is 3.24 Å². The molecule has 0 saturated carbocycles. The number of fused-ring (bicyclic) bond motifs is 6. The second-order valence-electron chi connectivity index (χ2n) is 13.5. The van der Waals surface area contributed by atoms with Crippen LogP contribution in [-0.4, -0.2) is 0 Å². The van der Waals surface area contributed by atoms with Crippen LogP contribution in [0, 0.1) is 0 Å². The molecule has 0 heterocycles. The third-order valence-corrected chi connectivity index (χ3v) is 10.5. The molecule has 1 nitrogen and oxygen atoms in total. The molecular weight excluding hydrogens is 542 g/mol. The van der Waals surface area contributed by atoms with Crippen molar-refractivity contribution in [2.75, 3.05) is 4.90 Å². The molecule has 0 N–H and O–H groups in total. The first kappa shape index (κ1) is 27.7. The van der Waals surface area contributed by atoms with E-state index in [1.165, 1.54) is 67.0 Å². The Morgan fingerprint density at radius 3 is 1.60 bits per heavy atom. The van der Waals surface area contributed by atoms with E-state index in [1.54, 1.807) is 0 Å². The van der Waals surface area contributed by atoms with Crippen LogP contribution in [0.1, 0.15) is 62.8 Å². The standard InChI is InChI=1S/C44H39N/c1-5-27-44(4)40-18-12-10-16-36(40)38-26-24-34(29-42(38)44)45(32-21-19-31(20-22-32)30-13-7-6-8-14-30)33-23-25-37-35-15-9-11-17-39(35)43(2,3)41(37)28-33/h6-26,28-29H,5,27H2,1-4H3. The predicted molar refractivity (Wildman–Crippen MR) is 191 cm³/mol. The van der Waals surface area contributed by atoms with Crippen molar-refractivity contribution in [2.24, 2.45) is 0 Å². The first-order chi connectivity index (χ1) is 21.9. The van der Waals surface area contributed by atoms with Crippen LogP contribution in [-0.2, 0) is 10.8 Å². The third kappa shape index (κ3) is 4.21. The molecule has 2 aliphatic rings. The molecule has 0 saturated heterocycles. The van der Waals surface area contributed by atoms with Gasteiger partial charge in [0.15, 0.2) is 0 Å². The van der Waals surface area contributed by atoms with Gasteiger partial charge in [-0.3, -0.25) is 0 Å². The summed E-state index contributed by atoms with van der Waals surface area (Å²) in [5.41, 5.74) is 17.1. The summed E-state index contributed by atoms with van der Waals surface area (Å²) >= 11 is 0. The maximum atomic E-state index is 2.48. The Hall–Kier alpha value is -4.88. The van der Waals surface area contributed by atoms with Gasteiger partial charge in [0.1, 0.15) is 0 Å². The minimum Gasteiger partial charge on any atom is -0.310 e. The summed E-state index contributed by atoms with van der Waals surface area (Å²) in [5, 5.41) is 0. The molecule has 8 rings (SSSR count). The molecule has 1 unspecified atom stereocenters. The van der Waals surface area contributed by atoms with E-state index >= 15 is 0 Å². The molecule has 1 atom stereocenters. The van der Waals surface area contributed by atoms with E-state index in [4.69, 9.17) is 0 Å². The zero-order valence-electron chi connectivity index (χ0n) is 26.6. The maximum absolute atomic E-state index is 2.48. The zero-order chi connectivity index (χ0) is 30.8. The van der Waals surface area contributed by atoms with E-state index in [0.717, 1.165) is 18.5 Å². The van der Waals surface area contributed by atoms with Gasteiger partial charge in [0.25, 0.3) is 0 Å². The van der Waals surface area contributed by atoms with E-state index in [1.807, 2.05) is 0 Å². The summed E-state index contributed by atoms with van der Waals surface area (Å²) in [4.78, 5) is 2.46. The summed E-state index contributed by atoms with van der Waals surface area (Å²) in [6, 6.07) is 51.9. The highest BCUT2D eigenvalue weighted by Gasteiger charge is 2.39. The van der Waals surface area contributed by atoms with Gasteiger partial charge in [-0.25, -0.2) is 0 Å². The van der Waals surface area contributed by atoms with Crippen molar-refractivity contribution in [3.63, 3.8) is 0 Å². The number of hydrogen-bond donors (Lipinski definition) is 0. The highest BCUT2D eigenvalue weighted by atomic mass is 15.1. The fourth-order valence-corrected chi connectivity index (χ4v) is 8.19. The number of rotatable bonds is 6. The molecule has 6 aromatic carbocycles. The lowest BCUT2D eigenvalue weighted by Crippen LogP contribution is -2.21. The minimum absolute atomic E-state index is 0.0128. The van der Waals surface area contributed by atoms with Gasteiger partial charge < -0.3 is 4.90 Å². The van der Waals surface area contributed by atoms with Crippen LogP contribution >= 0.6 is 0 Å². The first-order valence-electron chi connectivity index (χ1n) is 16.3. The Balaban J connectivity index is 1.30. The summed E-state index contributed by atoms with van der Waals surface area (Å²) < 4.78 is 0. The van der Waals surface area contributed by atoms with Gasteiger partial charge in [-0.2, -0.15) is 0 Å². The van der Waals surface area contributed by atoms with Crippen LogP contribution in [0.2, 0.25) is 0 Å². The zero-order valence-corrected chi connectivity index (χ0v) is 26.6. The Morgan fingerprint density at radius 1 is 0.444 bits per heavy atom. The van der Waals surface area contributed by atoms with Crippen LogP contribution in [0.25, 0.3) is 33.4 Å². The van der Waals surface area contributed by atoms with Gasteiger partial charge in [0.05, 0.1) is 0 Å². The van der Waals surface area contributed by atoms with Crippen LogP contribution in [0.5, 0.6) is 0 Å². The molecule has 0 amide bonds. The van der Waals surface area contributed by atoms with Crippen LogP contribution in [0.4, 0.5) is 17.1 Å². The van der Waals surface area contributed by atoms with Crippen molar-refractivity contribution in [1.29, 1.82) is 0 Å². The SMILES string of the molecule is CCCC1(C)c2ccccc2-c2ccc(N(c3ccc(-c4ccccc4)cc3)c3ccc4c(c3)C(C)(C)c3ccccc3-4)cc21. The van der Waals surface area contributed by atoms with Gasteiger partial charge in [-0.1, -0.05) is 137 Å².